The number of halogens is 1. The highest BCUT2D eigenvalue weighted by Crippen LogP contribution is 2.28. The van der Waals surface area contributed by atoms with E-state index in [1.165, 1.54) is 11.3 Å². The van der Waals surface area contributed by atoms with Crippen molar-refractivity contribution in [3.63, 3.8) is 0 Å². The van der Waals surface area contributed by atoms with Crippen LogP contribution in [-0.2, 0) is 0 Å². The Hall–Kier alpha value is -1.39. The molecular weight excluding hydrogens is 312 g/mol. The number of hydrogen-bond acceptors (Lipinski definition) is 3. The van der Waals surface area contributed by atoms with Crippen LogP contribution in [0.25, 0.3) is 11.0 Å². The van der Waals surface area contributed by atoms with Crippen LogP contribution in [0.2, 0.25) is 0 Å². The summed E-state index contributed by atoms with van der Waals surface area (Å²) in [6.07, 6.45) is 0. The molecule has 0 amide bonds. The van der Waals surface area contributed by atoms with Crippen LogP contribution < -0.4 is 0 Å². The van der Waals surface area contributed by atoms with E-state index in [4.69, 9.17) is 4.42 Å². The molecule has 0 aliphatic heterocycles. The summed E-state index contributed by atoms with van der Waals surface area (Å²) in [6.45, 7) is 1.97. The SMILES string of the molecule is Cc1cc(Br)cc2cc(C(=O)c3cccs3)oc12. The van der Waals surface area contributed by atoms with Crippen LogP contribution in [0.5, 0.6) is 0 Å². The number of fused-ring (bicyclic) bond motifs is 1. The van der Waals surface area contributed by atoms with E-state index in [2.05, 4.69) is 15.9 Å². The minimum atomic E-state index is -0.0586. The van der Waals surface area contributed by atoms with Crippen molar-refractivity contribution in [3.8, 4) is 0 Å². The van der Waals surface area contributed by atoms with Gasteiger partial charge in [-0.3, -0.25) is 4.79 Å². The molecule has 0 saturated heterocycles. The van der Waals surface area contributed by atoms with Crippen LogP contribution in [-0.4, -0.2) is 5.78 Å². The number of ketones is 1. The van der Waals surface area contributed by atoms with Gasteiger partial charge in [0.2, 0.25) is 5.78 Å². The van der Waals surface area contributed by atoms with Crippen LogP contribution >= 0.6 is 27.3 Å². The third-order valence-electron chi connectivity index (χ3n) is 2.74. The van der Waals surface area contributed by atoms with Crippen LogP contribution in [0.15, 0.2) is 44.6 Å². The average Bonchev–Trinajstić information content (AvgIpc) is 2.96. The number of aryl methyl sites for hydroxylation is 1. The quantitative estimate of drug-likeness (QED) is 0.635. The Balaban J connectivity index is 2.14. The fraction of sp³-hybridized carbons (Fsp3) is 0.0714. The van der Waals surface area contributed by atoms with Crippen molar-refractivity contribution >= 4 is 44.0 Å². The molecule has 2 nitrogen and oxygen atoms in total. The molecule has 3 rings (SSSR count). The summed E-state index contributed by atoms with van der Waals surface area (Å²) in [5.41, 5.74) is 1.79. The third kappa shape index (κ3) is 1.91. The van der Waals surface area contributed by atoms with Crippen molar-refractivity contribution in [3.05, 3.63) is 56.4 Å². The minimum Gasteiger partial charge on any atom is -0.452 e. The van der Waals surface area contributed by atoms with Gasteiger partial charge in [0.25, 0.3) is 0 Å². The molecule has 0 atom stereocenters. The summed E-state index contributed by atoms with van der Waals surface area (Å²) in [7, 11) is 0. The summed E-state index contributed by atoms with van der Waals surface area (Å²) in [5, 5.41) is 2.83. The Morgan fingerprint density at radius 3 is 2.89 bits per heavy atom. The summed E-state index contributed by atoms with van der Waals surface area (Å²) < 4.78 is 6.66. The van der Waals surface area contributed by atoms with Crippen molar-refractivity contribution in [2.24, 2.45) is 0 Å². The highest BCUT2D eigenvalue weighted by Gasteiger charge is 2.16. The molecule has 0 bridgehead atoms. The fourth-order valence-corrected chi connectivity index (χ4v) is 3.18. The molecule has 3 aromatic rings. The Morgan fingerprint density at radius 1 is 1.33 bits per heavy atom. The van der Waals surface area contributed by atoms with E-state index in [0.29, 0.717) is 10.6 Å². The molecule has 0 aliphatic rings. The standard InChI is InChI=1S/C14H9BrO2S/c1-8-5-10(15)6-9-7-11(17-14(8)9)13(16)12-3-2-4-18-12/h2-7H,1H3. The van der Waals surface area contributed by atoms with E-state index in [-0.39, 0.29) is 5.78 Å². The largest absolute Gasteiger partial charge is 0.452 e. The van der Waals surface area contributed by atoms with Crippen molar-refractivity contribution in [2.45, 2.75) is 6.92 Å². The first-order valence-corrected chi connectivity index (χ1v) is 7.10. The lowest BCUT2D eigenvalue weighted by Crippen LogP contribution is -1.95. The Labute approximate surface area is 116 Å². The number of hydrogen-bond donors (Lipinski definition) is 0. The van der Waals surface area contributed by atoms with Gasteiger partial charge in [-0.2, -0.15) is 0 Å². The van der Waals surface area contributed by atoms with Gasteiger partial charge in [-0.05, 0) is 42.1 Å². The van der Waals surface area contributed by atoms with Gasteiger partial charge >= 0.3 is 0 Å². The summed E-state index contributed by atoms with van der Waals surface area (Å²) in [5.74, 6) is 0.338. The second-order valence-electron chi connectivity index (χ2n) is 4.06. The Morgan fingerprint density at radius 2 is 2.17 bits per heavy atom. The van der Waals surface area contributed by atoms with Crippen LogP contribution in [0, 0.1) is 6.92 Å². The third-order valence-corrected chi connectivity index (χ3v) is 4.06. The fourth-order valence-electron chi connectivity index (χ4n) is 1.92. The highest BCUT2D eigenvalue weighted by molar-refractivity contribution is 9.10. The summed E-state index contributed by atoms with van der Waals surface area (Å²) in [4.78, 5) is 12.9. The number of benzene rings is 1. The second-order valence-corrected chi connectivity index (χ2v) is 5.92. The van der Waals surface area contributed by atoms with E-state index in [9.17, 15) is 4.79 Å². The predicted molar refractivity (Wildman–Crippen MR) is 76.4 cm³/mol. The number of thiophene rings is 1. The van der Waals surface area contributed by atoms with E-state index in [1.54, 1.807) is 6.07 Å². The van der Waals surface area contributed by atoms with E-state index in [0.717, 1.165) is 21.0 Å². The van der Waals surface area contributed by atoms with Gasteiger partial charge in [0.05, 0.1) is 4.88 Å². The Kier molecular flexibility index (Phi) is 2.84. The van der Waals surface area contributed by atoms with Crippen molar-refractivity contribution < 1.29 is 9.21 Å². The van der Waals surface area contributed by atoms with Gasteiger partial charge < -0.3 is 4.42 Å². The number of rotatable bonds is 2. The predicted octanol–water partition coefficient (Wildman–Crippen LogP) is 4.80. The molecule has 0 saturated carbocycles. The van der Waals surface area contributed by atoms with Crippen molar-refractivity contribution in [1.82, 2.24) is 0 Å². The van der Waals surface area contributed by atoms with Crippen molar-refractivity contribution in [1.29, 1.82) is 0 Å². The number of furan rings is 1. The average molecular weight is 321 g/mol. The molecule has 90 valence electrons. The van der Waals surface area contributed by atoms with Gasteiger partial charge in [-0.25, -0.2) is 0 Å². The second kappa shape index (κ2) is 4.37. The lowest BCUT2D eigenvalue weighted by atomic mass is 10.1. The van der Waals surface area contributed by atoms with Gasteiger partial charge in [-0.1, -0.05) is 22.0 Å². The van der Waals surface area contributed by atoms with Gasteiger partial charge in [0.15, 0.2) is 5.76 Å². The maximum absolute atomic E-state index is 12.2. The first-order chi connectivity index (χ1) is 8.65. The minimum absolute atomic E-state index is 0.0586. The summed E-state index contributed by atoms with van der Waals surface area (Å²) in [6, 6.07) is 9.41. The monoisotopic (exact) mass is 320 g/mol. The molecule has 18 heavy (non-hydrogen) atoms. The normalized spacial score (nSPS) is 11.0. The molecule has 1 aromatic carbocycles. The van der Waals surface area contributed by atoms with Crippen LogP contribution in [0.4, 0.5) is 0 Å². The zero-order valence-corrected chi connectivity index (χ0v) is 12.0. The number of carbonyl (C=O) groups excluding carboxylic acids is 1. The van der Waals surface area contributed by atoms with E-state index in [1.807, 2.05) is 36.6 Å². The first kappa shape index (κ1) is 11.7. The topological polar surface area (TPSA) is 30.2 Å². The van der Waals surface area contributed by atoms with E-state index < -0.39 is 0 Å². The molecule has 0 fully saturated rings. The molecule has 0 N–H and O–H groups in total. The van der Waals surface area contributed by atoms with Crippen LogP contribution in [0.1, 0.15) is 21.0 Å². The molecule has 0 spiro atoms. The first-order valence-electron chi connectivity index (χ1n) is 5.43. The molecule has 0 radical (unpaired) electrons. The van der Waals surface area contributed by atoms with Crippen molar-refractivity contribution in [2.75, 3.05) is 0 Å². The molecular formula is C14H9BrO2S. The molecule has 2 heterocycles. The smallest absolute Gasteiger partial charge is 0.238 e. The number of carbonyl (C=O) groups is 1. The Bertz CT molecular complexity index is 726. The highest BCUT2D eigenvalue weighted by atomic mass is 79.9. The van der Waals surface area contributed by atoms with Crippen LogP contribution in [0.3, 0.4) is 0 Å². The maximum Gasteiger partial charge on any atom is 0.238 e. The van der Waals surface area contributed by atoms with Gasteiger partial charge in [0.1, 0.15) is 5.58 Å². The zero-order chi connectivity index (χ0) is 12.7. The lowest BCUT2D eigenvalue weighted by Gasteiger charge is -1.95. The van der Waals surface area contributed by atoms with Gasteiger partial charge in [-0.15, -0.1) is 11.3 Å². The maximum atomic E-state index is 12.2. The molecule has 0 unspecified atom stereocenters. The zero-order valence-electron chi connectivity index (χ0n) is 9.57. The lowest BCUT2D eigenvalue weighted by molar-refractivity contribution is 0.101. The molecule has 4 heteroatoms. The molecule has 2 aromatic heterocycles. The summed E-state index contributed by atoms with van der Waals surface area (Å²) >= 11 is 4.87. The molecule has 0 aliphatic carbocycles. The van der Waals surface area contributed by atoms with Gasteiger partial charge in [0, 0.05) is 9.86 Å². The van der Waals surface area contributed by atoms with E-state index >= 15 is 0 Å².